The minimum atomic E-state index is -0.587. The van der Waals surface area contributed by atoms with Crippen LogP contribution in [0.4, 0.5) is 0 Å². The van der Waals surface area contributed by atoms with Gasteiger partial charge in [-0.15, -0.1) is 0 Å². The van der Waals surface area contributed by atoms with Gasteiger partial charge in [0.25, 0.3) is 0 Å². The molecule has 0 aliphatic carbocycles. The van der Waals surface area contributed by atoms with E-state index in [-0.39, 0.29) is 30.4 Å². The molecule has 0 aromatic carbocycles. The van der Waals surface area contributed by atoms with E-state index < -0.39 is 18.3 Å². The van der Waals surface area contributed by atoms with E-state index >= 15 is 0 Å². The van der Waals surface area contributed by atoms with Crippen LogP contribution in [0.1, 0.15) is 162 Å². The Labute approximate surface area is 268 Å². The molecule has 2 rings (SSSR count). The molecule has 2 heterocycles. The molecule has 7 nitrogen and oxygen atoms in total. The lowest BCUT2D eigenvalue weighted by Crippen LogP contribution is -2.30. The molecule has 0 saturated carbocycles. The fraction of sp³-hybridized carbons (Fsp3) is 0.865. The highest BCUT2D eigenvalue weighted by Gasteiger charge is 2.34. The SMILES string of the molecule is CCCCCCCCCC/C=C/CCC(O)[C@H]1CC[C@H]([C@H](O)CCCCCCC(O)CCC[C@@H](O)CC2=C[C@H](C)OC2=O)O1. The van der Waals surface area contributed by atoms with Crippen LogP contribution < -0.4 is 0 Å². The Balaban J connectivity index is 1.41. The second kappa shape index (κ2) is 24.0. The maximum atomic E-state index is 11.7. The summed E-state index contributed by atoms with van der Waals surface area (Å²) in [6.45, 7) is 4.06. The zero-order chi connectivity index (χ0) is 32.0. The van der Waals surface area contributed by atoms with Crippen molar-refractivity contribution in [3.05, 3.63) is 23.8 Å². The Hall–Kier alpha value is -1.25. The summed E-state index contributed by atoms with van der Waals surface area (Å²) in [7, 11) is 0. The number of rotatable bonds is 27. The van der Waals surface area contributed by atoms with Crippen LogP contribution in [0.25, 0.3) is 0 Å². The molecule has 4 N–H and O–H groups in total. The van der Waals surface area contributed by atoms with Gasteiger partial charge in [-0.1, -0.05) is 89.7 Å². The summed E-state index contributed by atoms with van der Waals surface area (Å²) >= 11 is 0. The minimum absolute atomic E-state index is 0.168. The highest BCUT2D eigenvalue weighted by Crippen LogP contribution is 2.28. The quantitative estimate of drug-likeness (QED) is 0.0423. The third kappa shape index (κ3) is 17.4. The number of cyclic esters (lactones) is 1. The van der Waals surface area contributed by atoms with E-state index in [1.165, 1.54) is 51.4 Å². The van der Waals surface area contributed by atoms with Crippen molar-refractivity contribution < 1.29 is 34.7 Å². The van der Waals surface area contributed by atoms with E-state index in [1.54, 1.807) is 13.0 Å². The fourth-order valence-electron chi connectivity index (χ4n) is 6.48. The van der Waals surface area contributed by atoms with Crippen molar-refractivity contribution in [1.82, 2.24) is 0 Å². The van der Waals surface area contributed by atoms with Gasteiger partial charge in [-0.05, 0) is 83.6 Å². The molecular weight excluding hydrogens is 556 g/mol. The van der Waals surface area contributed by atoms with Gasteiger partial charge < -0.3 is 29.9 Å². The van der Waals surface area contributed by atoms with Crippen LogP contribution in [0.15, 0.2) is 23.8 Å². The first kappa shape index (κ1) is 38.9. The van der Waals surface area contributed by atoms with E-state index in [1.807, 2.05) is 0 Å². The van der Waals surface area contributed by atoms with Crippen molar-refractivity contribution in [3.63, 3.8) is 0 Å². The minimum Gasteiger partial charge on any atom is -0.455 e. The van der Waals surface area contributed by atoms with Crippen LogP contribution >= 0.6 is 0 Å². The van der Waals surface area contributed by atoms with Crippen LogP contribution in [0, 0.1) is 0 Å². The predicted octanol–water partition coefficient (Wildman–Crippen LogP) is 7.62. The van der Waals surface area contributed by atoms with Gasteiger partial charge in [0.15, 0.2) is 0 Å². The molecule has 7 heteroatoms. The fourth-order valence-corrected chi connectivity index (χ4v) is 6.48. The molecule has 2 aliphatic rings. The Bertz CT molecular complexity index is 797. The van der Waals surface area contributed by atoms with Gasteiger partial charge in [-0.2, -0.15) is 0 Å². The molecule has 1 fully saturated rings. The van der Waals surface area contributed by atoms with Gasteiger partial charge in [0.1, 0.15) is 6.10 Å². The summed E-state index contributed by atoms with van der Waals surface area (Å²) in [5, 5.41) is 41.7. The average molecular weight is 623 g/mol. The van der Waals surface area contributed by atoms with Gasteiger partial charge in [0.05, 0.1) is 36.6 Å². The summed E-state index contributed by atoms with van der Waals surface area (Å²) in [5.41, 5.74) is 0.551. The molecule has 0 amide bonds. The monoisotopic (exact) mass is 622 g/mol. The zero-order valence-corrected chi connectivity index (χ0v) is 28.1. The first-order valence-electron chi connectivity index (χ1n) is 18.2. The molecule has 7 atom stereocenters. The number of allylic oxidation sites excluding steroid dienone is 2. The molecule has 0 aromatic heterocycles. The van der Waals surface area contributed by atoms with Crippen LogP contribution in [0.2, 0.25) is 0 Å². The number of carbonyl (C=O) groups is 1. The Morgan fingerprint density at radius 1 is 0.705 bits per heavy atom. The second-order valence-electron chi connectivity index (χ2n) is 13.5. The largest absolute Gasteiger partial charge is 0.455 e. The smallest absolute Gasteiger partial charge is 0.334 e. The number of aliphatic hydroxyl groups is 4. The number of ether oxygens (including phenoxy) is 2. The average Bonchev–Trinajstić information content (AvgIpc) is 3.61. The van der Waals surface area contributed by atoms with Gasteiger partial charge in [-0.3, -0.25) is 0 Å². The third-order valence-electron chi connectivity index (χ3n) is 9.27. The highest BCUT2D eigenvalue weighted by atomic mass is 16.5. The molecule has 0 aromatic rings. The third-order valence-corrected chi connectivity index (χ3v) is 9.27. The number of unbranched alkanes of at least 4 members (excludes halogenated alkanes) is 11. The Morgan fingerprint density at radius 2 is 1.25 bits per heavy atom. The standard InChI is InChI=1S/C37H66O7/c1-3-4-5-6-7-8-9-10-11-12-13-17-23-33(40)35-25-26-36(44-35)34(41)24-18-15-14-16-20-31(38)21-19-22-32(39)28-30-27-29(2)43-37(30)42/h12-13,27,29,31-36,38-41H,3-11,14-26,28H2,1-2H3/b13-12+/t29-,31?,32+,33?,34+,35+,36+/m0/s1. The van der Waals surface area contributed by atoms with Crippen molar-refractivity contribution >= 4 is 5.97 Å². The van der Waals surface area contributed by atoms with E-state index in [0.717, 1.165) is 64.2 Å². The second-order valence-corrected chi connectivity index (χ2v) is 13.5. The maximum Gasteiger partial charge on any atom is 0.334 e. The van der Waals surface area contributed by atoms with Crippen molar-refractivity contribution in [1.29, 1.82) is 0 Å². The number of esters is 1. The molecule has 0 spiro atoms. The Morgan fingerprint density at radius 3 is 1.91 bits per heavy atom. The molecule has 1 saturated heterocycles. The predicted molar refractivity (Wildman–Crippen MR) is 177 cm³/mol. The summed E-state index contributed by atoms with van der Waals surface area (Å²) in [5.74, 6) is -0.332. The van der Waals surface area contributed by atoms with Crippen LogP contribution in [-0.4, -0.2) is 69.1 Å². The van der Waals surface area contributed by atoms with Crippen molar-refractivity contribution in [2.24, 2.45) is 0 Å². The van der Waals surface area contributed by atoms with Gasteiger partial charge in [0.2, 0.25) is 0 Å². The van der Waals surface area contributed by atoms with E-state index in [9.17, 15) is 25.2 Å². The molecule has 256 valence electrons. The first-order chi connectivity index (χ1) is 21.3. The van der Waals surface area contributed by atoms with Crippen LogP contribution in [0.5, 0.6) is 0 Å². The van der Waals surface area contributed by atoms with Crippen molar-refractivity contribution in [2.45, 2.75) is 204 Å². The lowest BCUT2D eigenvalue weighted by atomic mass is 9.99. The molecule has 0 radical (unpaired) electrons. The normalized spacial score (nSPS) is 23.2. The topological polar surface area (TPSA) is 116 Å². The van der Waals surface area contributed by atoms with E-state index in [2.05, 4.69) is 19.1 Å². The van der Waals surface area contributed by atoms with E-state index in [0.29, 0.717) is 37.7 Å². The molecule has 44 heavy (non-hydrogen) atoms. The van der Waals surface area contributed by atoms with Gasteiger partial charge >= 0.3 is 5.97 Å². The lowest BCUT2D eigenvalue weighted by molar-refractivity contribution is -0.139. The summed E-state index contributed by atoms with van der Waals surface area (Å²) < 4.78 is 11.1. The van der Waals surface area contributed by atoms with Crippen LogP contribution in [-0.2, 0) is 14.3 Å². The summed E-state index contributed by atoms with van der Waals surface area (Å²) in [4.78, 5) is 11.7. The molecular formula is C37H66O7. The number of carbonyl (C=O) groups excluding carboxylic acids is 1. The van der Waals surface area contributed by atoms with Crippen LogP contribution in [0.3, 0.4) is 0 Å². The van der Waals surface area contributed by atoms with Crippen molar-refractivity contribution in [3.8, 4) is 0 Å². The lowest BCUT2D eigenvalue weighted by Gasteiger charge is -2.22. The molecule has 2 unspecified atom stereocenters. The van der Waals surface area contributed by atoms with Gasteiger partial charge in [-0.25, -0.2) is 4.79 Å². The van der Waals surface area contributed by atoms with Gasteiger partial charge in [0, 0.05) is 12.0 Å². The number of aliphatic hydroxyl groups excluding tert-OH is 4. The Kier molecular flexibility index (Phi) is 21.2. The molecule has 0 bridgehead atoms. The first-order valence-corrected chi connectivity index (χ1v) is 18.2. The zero-order valence-electron chi connectivity index (χ0n) is 28.1. The number of hydrogen-bond acceptors (Lipinski definition) is 7. The summed E-state index contributed by atoms with van der Waals surface area (Å²) in [6.07, 6.45) is 26.4. The molecule has 2 aliphatic heterocycles. The number of hydrogen-bond donors (Lipinski definition) is 4. The maximum absolute atomic E-state index is 11.7. The van der Waals surface area contributed by atoms with Crippen molar-refractivity contribution in [2.75, 3.05) is 0 Å². The highest BCUT2D eigenvalue weighted by molar-refractivity contribution is 5.90. The van der Waals surface area contributed by atoms with E-state index in [4.69, 9.17) is 9.47 Å². The summed E-state index contributed by atoms with van der Waals surface area (Å²) in [6, 6.07) is 0.